The minimum atomic E-state index is 0.530. The highest BCUT2D eigenvalue weighted by Gasteiger charge is 2.28. The molecule has 4 rings (SSSR count). The molecular weight excluding hydrogens is 274 g/mol. The third-order valence-electron chi connectivity index (χ3n) is 3.86. The molecule has 0 amide bonds. The van der Waals surface area contributed by atoms with Crippen molar-refractivity contribution >= 4 is 5.69 Å². The minimum Gasteiger partial charge on any atom is -0.376 e. The molecule has 0 spiro atoms. The van der Waals surface area contributed by atoms with E-state index in [2.05, 4.69) is 64.0 Å². The van der Waals surface area contributed by atoms with Crippen LogP contribution in [0.25, 0.3) is 11.1 Å². The summed E-state index contributed by atoms with van der Waals surface area (Å²) < 4.78 is 5.26. The summed E-state index contributed by atoms with van der Waals surface area (Å²) in [4.78, 5) is 4.41. The molecular formula is C18H17N3O. The zero-order valence-corrected chi connectivity index (χ0v) is 12.2. The van der Waals surface area contributed by atoms with Crippen molar-refractivity contribution in [2.24, 2.45) is 0 Å². The molecule has 0 radical (unpaired) electrons. The topological polar surface area (TPSA) is 51.0 Å². The van der Waals surface area contributed by atoms with E-state index in [4.69, 9.17) is 4.52 Å². The Kier molecular flexibility index (Phi) is 3.35. The Labute approximate surface area is 129 Å². The standard InChI is InChI=1S/C18H17N3O/c1-2-4-13(5-3-1)14-8-10-16(11-9-14)19-12-17-20-18(21-22-17)15-6-7-15/h1-5,8-11,15,19H,6-7,12H2. The first-order chi connectivity index (χ1) is 10.9. The van der Waals surface area contributed by atoms with Crippen molar-refractivity contribution < 1.29 is 4.52 Å². The number of nitrogens with zero attached hydrogens (tertiary/aromatic N) is 2. The van der Waals surface area contributed by atoms with E-state index >= 15 is 0 Å². The Hall–Kier alpha value is -2.62. The lowest BCUT2D eigenvalue weighted by molar-refractivity contribution is 0.378. The van der Waals surface area contributed by atoms with Crippen molar-refractivity contribution in [2.75, 3.05) is 5.32 Å². The largest absolute Gasteiger partial charge is 0.376 e. The van der Waals surface area contributed by atoms with E-state index in [1.54, 1.807) is 0 Å². The van der Waals surface area contributed by atoms with Crippen LogP contribution in [0.4, 0.5) is 5.69 Å². The maximum Gasteiger partial charge on any atom is 0.245 e. The minimum absolute atomic E-state index is 0.530. The Morgan fingerprint density at radius 1 is 0.955 bits per heavy atom. The van der Waals surface area contributed by atoms with E-state index < -0.39 is 0 Å². The fourth-order valence-corrected chi connectivity index (χ4v) is 2.44. The summed E-state index contributed by atoms with van der Waals surface area (Å²) in [6, 6.07) is 18.7. The smallest absolute Gasteiger partial charge is 0.245 e. The van der Waals surface area contributed by atoms with E-state index in [0.29, 0.717) is 18.4 Å². The van der Waals surface area contributed by atoms with Crippen LogP contribution in [0.1, 0.15) is 30.5 Å². The third kappa shape index (κ3) is 2.86. The van der Waals surface area contributed by atoms with Gasteiger partial charge in [-0.25, -0.2) is 0 Å². The van der Waals surface area contributed by atoms with Gasteiger partial charge in [0.15, 0.2) is 5.82 Å². The van der Waals surface area contributed by atoms with Gasteiger partial charge in [-0.1, -0.05) is 47.6 Å². The molecule has 1 saturated carbocycles. The average Bonchev–Trinajstić information content (AvgIpc) is 3.33. The molecule has 0 unspecified atom stereocenters. The lowest BCUT2D eigenvalue weighted by atomic mass is 10.1. The molecule has 4 nitrogen and oxygen atoms in total. The van der Waals surface area contributed by atoms with Gasteiger partial charge in [-0.3, -0.25) is 0 Å². The zero-order valence-electron chi connectivity index (χ0n) is 12.2. The number of hydrogen-bond donors (Lipinski definition) is 1. The van der Waals surface area contributed by atoms with Gasteiger partial charge in [0.2, 0.25) is 5.89 Å². The number of rotatable bonds is 5. The molecule has 1 N–H and O–H groups in total. The van der Waals surface area contributed by atoms with Crippen LogP contribution in [0.15, 0.2) is 59.1 Å². The molecule has 0 saturated heterocycles. The summed E-state index contributed by atoms with van der Waals surface area (Å²) in [7, 11) is 0. The number of aromatic nitrogens is 2. The van der Waals surface area contributed by atoms with Crippen LogP contribution in [0.3, 0.4) is 0 Å². The molecule has 1 aromatic heterocycles. The molecule has 1 heterocycles. The lowest BCUT2D eigenvalue weighted by Crippen LogP contribution is -1.99. The summed E-state index contributed by atoms with van der Waals surface area (Å²) in [6.07, 6.45) is 2.38. The molecule has 0 atom stereocenters. The number of benzene rings is 2. The normalized spacial score (nSPS) is 14.0. The van der Waals surface area contributed by atoms with Crippen molar-refractivity contribution in [2.45, 2.75) is 25.3 Å². The zero-order chi connectivity index (χ0) is 14.8. The molecule has 2 aromatic carbocycles. The van der Waals surface area contributed by atoms with Gasteiger partial charge in [0.05, 0.1) is 6.54 Å². The molecule has 1 fully saturated rings. The second-order valence-corrected chi connectivity index (χ2v) is 5.62. The van der Waals surface area contributed by atoms with Crippen LogP contribution in [0.5, 0.6) is 0 Å². The predicted octanol–water partition coefficient (Wildman–Crippen LogP) is 4.23. The maximum atomic E-state index is 5.26. The van der Waals surface area contributed by atoms with E-state index in [0.717, 1.165) is 11.5 Å². The summed E-state index contributed by atoms with van der Waals surface area (Å²) in [5.74, 6) is 2.04. The molecule has 3 aromatic rings. The molecule has 4 heteroatoms. The summed E-state index contributed by atoms with van der Waals surface area (Å²) in [5, 5.41) is 7.33. The molecule has 0 aliphatic heterocycles. The fraction of sp³-hybridized carbons (Fsp3) is 0.222. The first-order valence-corrected chi connectivity index (χ1v) is 7.60. The van der Waals surface area contributed by atoms with Gasteiger partial charge in [0, 0.05) is 11.6 Å². The van der Waals surface area contributed by atoms with Gasteiger partial charge in [-0.15, -0.1) is 0 Å². The van der Waals surface area contributed by atoms with E-state index in [9.17, 15) is 0 Å². The summed E-state index contributed by atoms with van der Waals surface area (Å²) in [5.41, 5.74) is 3.48. The Balaban J connectivity index is 1.40. The average molecular weight is 291 g/mol. The highest BCUT2D eigenvalue weighted by molar-refractivity contribution is 5.65. The Bertz CT molecular complexity index is 746. The molecule has 110 valence electrons. The second-order valence-electron chi connectivity index (χ2n) is 5.62. The second kappa shape index (κ2) is 5.64. The number of nitrogens with one attached hydrogen (secondary N) is 1. The van der Waals surface area contributed by atoms with Crippen LogP contribution < -0.4 is 5.32 Å². The van der Waals surface area contributed by atoms with Crippen molar-refractivity contribution in [3.8, 4) is 11.1 Å². The van der Waals surface area contributed by atoms with Gasteiger partial charge < -0.3 is 9.84 Å². The molecule has 0 bridgehead atoms. The van der Waals surface area contributed by atoms with Crippen molar-refractivity contribution in [3.05, 3.63) is 66.3 Å². The van der Waals surface area contributed by atoms with Gasteiger partial charge >= 0.3 is 0 Å². The number of anilines is 1. The van der Waals surface area contributed by atoms with Crippen LogP contribution in [0.2, 0.25) is 0 Å². The van der Waals surface area contributed by atoms with Crippen molar-refractivity contribution in [1.29, 1.82) is 0 Å². The van der Waals surface area contributed by atoms with Gasteiger partial charge in [-0.05, 0) is 36.1 Å². The summed E-state index contributed by atoms with van der Waals surface area (Å²) >= 11 is 0. The fourth-order valence-electron chi connectivity index (χ4n) is 2.44. The highest BCUT2D eigenvalue weighted by atomic mass is 16.5. The third-order valence-corrected chi connectivity index (χ3v) is 3.86. The van der Waals surface area contributed by atoms with Crippen LogP contribution >= 0.6 is 0 Å². The van der Waals surface area contributed by atoms with Crippen molar-refractivity contribution in [3.63, 3.8) is 0 Å². The van der Waals surface area contributed by atoms with Gasteiger partial charge in [-0.2, -0.15) is 4.98 Å². The Morgan fingerprint density at radius 3 is 2.41 bits per heavy atom. The molecule has 22 heavy (non-hydrogen) atoms. The molecule has 1 aliphatic carbocycles. The highest BCUT2D eigenvalue weighted by Crippen LogP contribution is 2.38. The van der Waals surface area contributed by atoms with E-state index in [1.165, 1.54) is 24.0 Å². The van der Waals surface area contributed by atoms with Crippen LogP contribution in [-0.2, 0) is 6.54 Å². The predicted molar refractivity (Wildman–Crippen MR) is 85.5 cm³/mol. The quantitative estimate of drug-likeness (QED) is 0.764. The number of hydrogen-bond acceptors (Lipinski definition) is 4. The first-order valence-electron chi connectivity index (χ1n) is 7.60. The van der Waals surface area contributed by atoms with E-state index in [1.807, 2.05) is 6.07 Å². The Morgan fingerprint density at radius 2 is 1.68 bits per heavy atom. The maximum absolute atomic E-state index is 5.26. The van der Waals surface area contributed by atoms with Crippen LogP contribution in [0, 0.1) is 0 Å². The molecule has 1 aliphatic rings. The van der Waals surface area contributed by atoms with E-state index in [-0.39, 0.29) is 0 Å². The summed E-state index contributed by atoms with van der Waals surface area (Å²) in [6.45, 7) is 0.560. The SMILES string of the molecule is c1ccc(-c2ccc(NCc3nc(C4CC4)no3)cc2)cc1. The van der Waals surface area contributed by atoms with Crippen molar-refractivity contribution in [1.82, 2.24) is 10.1 Å². The van der Waals surface area contributed by atoms with Gasteiger partial charge in [0.25, 0.3) is 0 Å². The van der Waals surface area contributed by atoms with Crippen LogP contribution in [-0.4, -0.2) is 10.1 Å². The monoisotopic (exact) mass is 291 g/mol. The first kappa shape index (κ1) is 13.1. The lowest BCUT2D eigenvalue weighted by Gasteiger charge is -2.05. The van der Waals surface area contributed by atoms with Gasteiger partial charge in [0.1, 0.15) is 0 Å².